The number of benzene rings is 1. The highest BCUT2D eigenvalue weighted by atomic mass is 16.3. The molecule has 0 spiro atoms. The maximum Gasteiger partial charge on any atom is 0.259 e. The van der Waals surface area contributed by atoms with Crippen LogP contribution in [0.4, 0.5) is 0 Å². The molecule has 0 aliphatic rings. The van der Waals surface area contributed by atoms with E-state index < -0.39 is 11.9 Å². The van der Waals surface area contributed by atoms with Gasteiger partial charge in [-0.05, 0) is 26.0 Å². The number of hydrogen-bond acceptors (Lipinski definition) is 4. The van der Waals surface area contributed by atoms with E-state index in [4.69, 9.17) is 0 Å². The second-order valence-electron chi connectivity index (χ2n) is 4.22. The van der Waals surface area contributed by atoms with Crippen molar-refractivity contribution in [1.29, 1.82) is 0 Å². The predicted molar refractivity (Wildman–Crippen MR) is 70.0 cm³/mol. The third-order valence-corrected chi connectivity index (χ3v) is 2.82. The summed E-state index contributed by atoms with van der Waals surface area (Å²) in [5.74, 6) is -1.60. The van der Waals surface area contributed by atoms with Gasteiger partial charge in [-0.2, -0.15) is 0 Å². The first-order chi connectivity index (χ1) is 8.88. The summed E-state index contributed by atoms with van der Waals surface area (Å²) in [4.78, 5) is 25.2. The van der Waals surface area contributed by atoms with Gasteiger partial charge in [0.25, 0.3) is 5.91 Å². The highest BCUT2D eigenvalue weighted by molar-refractivity contribution is 6.01. The van der Waals surface area contributed by atoms with Crippen molar-refractivity contribution in [3.05, 3.63) is 23.8 Å². The van der Waals surface area contributed by atoms with E-state index in [0.717, 1.165) is 0 Å². The summed E-state index contributed by atoms with van der Waals surface area (Å²) in [7, 11) is 1.63. The van der Waals surface area contributed by atoms with Gasteiger partial charge in [-0.25, -0.2) is 0 Å². The Morgan fingerprint density at radius 3 is 2.32 bits per heavy atom. The Bertz CT molecular complexity index is 467. The van der Waals surface area contributed by atoms with Crippen molar-refractivity contribution in [3.8, 4) is 11.5 Å². The molecule has 0 saturated heterocycles. The molecule has 1 aromatic carbocycles. The molecule has 0 bridgehead atoms. The SMILES string of the molecule is CCN(C)C(=O)C(C)NC(=O)c1c(O)cccc1O. The van der Waals surface area contributed by atoms with Crippen LogP contribution in [0.2, 0.25) is 0 Å². The van der Waals surface area contributed by atoms with E-state index in [1.165, 1.54) is 23.1 Å². The van der Waals surface area contributed by atoms with Gasteiger partial charge in [-0.3, -0.25) is 9.59 Å². The summed E-state index contributed by atoms with van der Waals surface area (Å²) < 4.78 is 0. The summed E-state index contributed by atoms with van der Waals surface area (Å²) in [5.41, 5.74) is -0.235. The molecule has 19 heavy (non-hydrogen) atoms. The van der Waals surface area contributed by atoms with Crippen LogP contribution < -0.4 is 5.32 Å². The minimum Gasteiger partial charge on any atom is -0.507 e. The quantitative estimate of drug-likeness (QED) is 0.748. The van der Waals surface area contributed by atoms with E-state index in [1.807, 2.05) is 6.92 Å². The number of rotatable bonds is 4. The Hall–Kier alpha value is -2.24. The van der Waals surface area contributed by atoms with Crippen molar-refractivity contribution >= 4 is 11.8 Å². The zero-order chi connectivity index (χ0) is 14.6. The monoisotopic (exact) mass is 266 g/mol. The second-order valence-corrected chi connectivity index (χ2v) is 4.22. The van der Waals surface area contributed by atoms with Crippen LogP contribution in [0, 0.1) is 0 Å². The Morgan fingerprint density at radius 1 is 1.32 bits per heavy atom. The van der Waals surface area contributed by atoms with Crippen LogP contribution in [-0.2, 0) is 4.79 Å². The molecule has 0 aromatic heterocycles. The molecule has 0 aliphatic carbocycles. The number of nitrogens with zero attached hydrogens (tertiary/aromatic N) is 1. The van der Waals surface area contributed by atoms with Gasteiger partial charge in [-0.1, -0.05) is 6.07 Å². The molecule has 6 heteroatoms. The molecule has 0 saturated carbocycles. The van der Waals surface area contributed by atoms with Crippen molar-refractivity contribution in [3.63, 3.8) is 0 Å². The first kappa shape index (κ1) is 14.8. The van der Waals surface area contributed by atoms with Crippen molar-refractivity contribution in [1.82, 2.24) is 10.2 Å². The molecule has 3 N–H and O–H groups in total. The lowest BCUT2D eigenvalue weighted by Crippen LogP contribution is -2.45. The fraction of sp³-hybridized carbons (Fsp3) is 0.385. The minimum atomic E-state index is -0.739. The zero-order valence-corrected chi connectivity index (χ0v) is 11.2. The van der Waals surface area contributed by atoms with E-state index in [0.29, 0.717) is 6.54 Å². The lowest BCUT2D eigenvalue weighted by atomic mass is 10.1. The second kappa shape index (κ2) is 6.08. The minimum absolute atomic E-state index is 0.235. The zero-order valence-electron chi connectivity index (χ0n) is 11.2. The van der Waals surface area contributed by atoms with Crippen LogP contribution in [0.5, 0.6) is 11.5 Å². The number of carbonyl (C=O) groups is 2. The van der Waals surface area contributed by atoms with Gasteiger partial charge in [0.05, 0.1) is 0 Å². The molecule has 0 radical (unpaired) electrons. The highest BCUT2D eigenvalue weighted by Crippen LogP contribution is 2.25. The number of phenols is 2. The number of hydrogen-bond donors (Lipinski definition) is 3. The lowest BCUT2D eigenvalue weighted by molar-refractivity contribution is -0.131. The third kappa shape index (κ3) is 3.37. The number of nitrogens with one attached hydrogen (secondary N) is 1. The number of phenolic OH excluding ortho intramolecular Hbond substituents is 2. The Labute approximate surface area is 111 Å². The summed E-state index contributed by atoms with van der Waals surface area (Å²) in [6.45, 7) is 3.89. The van der Waals surface area contributed by atoms with Gasteiger partial charge in [0, 0.05) is 13.6 Å². The van der Waals surface area contributed by atoms with E-state index >= 15 is 0 Å². The molecular weight excluding hydrogens is 248 g/mol. The van der Waals surface area contributed by atoms with Crippen molar-refractivity contribution in [2.45, 2.75) is 19.9 Å². The topological polar surface area (TPSA) is 89.9 Å². The van der Waals surface area contributed by atoms with Crippen LogP contribution in [0.15, 0.2) is 18.2 Å². The van der Waals surface area contributed by atoms with Gasteiger partial charge in [0.15, 0.2) is 0 Å². The molecule has 1 rings (SSSR count). The van der Waals surface area contributed by atoms with Crippen molar-refractivity contribution in [2.75, 3.05) is 13.6 Å². The maximum absolute atomic E-state index is 11.9. The largest absolute Gasteiger partial charge is 0.507 e. The van der Waals surface area contributed by atoms with Crippen LogP contribution in [0.25, 0.3) is 0 Å². The summed E-state index contributed by atoms with van der Waals surface area (Å²) in [6, 6.07) is 3.26. The molecule has 2 amide bonds. The fourth-order valence-corrected chi connectivity index (χ4v) is 1.58. The van der Waals surface area contributed by atoms with Crippen LogP contribution >= 0.6 is 0 Å². The first-order valence-electron chi connectivity index (χ1n) is 5.95. The van der Waals surface area contributed by atoms with E-state index in [9.17, 15) is 19.8 Å². The van der Waals surface area contributed by atoms with Crippen molar-refractivity contribution in [2.24, 2.45) is 0 Å². The standard InChI is InChI=1S/C13H18N2O4/c1-4-15(3)13(19)8(2)14-12(18)11-9(16)6-5-7-10(11)17/h5-8,16-17H,4H2,1-3H3,(H,14,18). The van der Waals surface area contributed by atoms with Gasteiger partial charge >= 0.3 is 0 Å². The smallest absolute Gasteiger partial charge is 0.259 e. The molecule has 104 valence electrons. The average Bonchev–Trinajstić information content (AvgIpc) is 2.36. The molecule has 1 aromatic rings. The molecule has 6 nitrogen and oxygen atoms in total. The third-order valence-electron chi connectivity index (χ3n) is 2.82. The first-order valence-corrected chi connectivity index (χ1v) is 5.95. The van der Waals surface area contributed by atoms with E-state index in [-0.39, 0.29) is 23.0 Å². The lowest BCUT2D eigenvalue weighted by Gasteiger charge is -2.20. The maximum atomic E-state index is 11.9. The molecule has 0 fully saturated rings. The van der Waals surface area contributed by atoms with Gasteiger partial charge < -0.3 is 20.4 Å². The van der Waals surface area contributed by atoms with E-state index in [1.54, 1.807) is 14.0 Å². The van der Waals surface area contributed by atoms with Crippen LogP contribution in [0.3, 0.4) is 0 Å². The Morgan fingerprint density at radius 2 is 1.84 bits per heavy atom. The van der Waals surface area contributed by atoms with Gasteiger partial charge in [0.1, 0.15) is 23.1 Å². The fourth-order valence-electron chi connectivity index (χ4n) is 1.58. The number of aromatic hydroxyl groups is 2. The van der Waals surface area contributed by atoms with Crippen molar-refractivity contribution < 1.29 is 19.8 Å². The molecule has 1 atom stereocenters. The Kier molecular flexibility index (Phi) is 4.74. The predicted octanol–water partition coefficient (Wildman–Crippen LogP) is 0.694. The highest BCUT2D eigenvalue weighted by Gasteiger charge is 2.22. The molecular formula is C13H18N2O4. The van der Waals surface area contributed by atoms with Crippen LogP contribution in [0.1, 0.15) is 24.2 Å². The van der Waals surface area contributed by atoms with Gasteiger partial charge in [0.2, 0.25) is 5.91 Å². The summed E-state index contributed by atoms with van der Waals surface area (Å²) in [5, 5.41) is 21.5. The summed E-state index contributed by atoms with van der Waals surface area (Å²) in [6.07, 6.45) is 0. The summed E-state index contributed by atoms with van der Waals surface area (Å²) >= 11 is 0. The molecule has 0 heterocycles. The molecule has 1 unspecified atom stereocenters. The number of likely N-dealkylation sites (N-methyl/N-ethyl adjacent to an activating group) is 1. The van der Waals surface area contributed by atoms with E-state index in [2.05, 4.69) is 5.32 Å². The average molecular weight is 266 g/mol. The number of amides is 2. The number of carbonyl (C=O) groups excluding carboxylic acids is 2. The van der Waals surface area contributed by atoms with Crippen LogP contribution in [-0.4, -0.2) is 46.6 Å². The Balaban J connectivity index is 2.83. The normalized spacial score (nSPS) is 11.7. The molecule has 0 aliphatic heterocycles. The van der Waals surface area contributed by atoms with Gasteiger partial charge in [-0.15, -0.1) is 0 Å².